The molecule has 34 heavy (non-hydrogen) atoms. The van der Waals surface area contributed by atoms with Crippen molar-refractivity contribution in [1.29, 1.82) is 0 Å². The van der Waals surface area contributed by atoms with E-state index in [-0.39, 0.29) is 21.1 Å². The molecule has 0 fully saturated rings. The SMILES string of the molecule is CC[n+]1c(C=CC=C2N(C)c3cc(Cl)c(Cl)cc3N2CCCOC(=O)OC)[se]c2ccccc21. The van der Waals surface area contributed by atoms with Gasteiger partial charge in [0.1, 0.15) is 0 Å². The van der Waals surface area contributed by atoms with E-state index >= 15 is 0 Å². The van der Waals surface area contributed by atoms with Crippen LogP contribution in [0.2, 0.25) is 10.0 Å². The van der Waals surface area contributed by atoms with Crippen molar-refractivity contribution >= 4 is 71.1 Å². The molecule has 0 spiro atoms. The van der Waals surface area contributed by atoms with Crippen molar-refractivity contribution in [3.05, 3.63) is 69.0 Å². The summed E-state index contributed by atoms with van der Waals surface area (Å²) in [5, 5.41) is 1.01. The van der Waals surface area contributed by atoms with E-state index in [4.69, 9.17) is 27.9 Å². The molecular weight excluding hydrogens is 540 g/mol. The molecule has 0 N–H and O–H groups in total. The summed E-state index contributed by atoms with van der Waals surface area (Å²) in [6.07, 6.45) is 6.35. The maximum absolute atomic E-state index is 11.3. The molecule has 1 aromatic heterocycles. The minimum absolute atomic E-state index is 0.261. The second-order valence-electron chi connectivity index (χ2n) is 7.66. The van der Waals surface area contributed by atoms with Crippen LogP contribution in [-0.4, -0.2) is 48.0 Å². The first-order valence-electron chi connectivity index (χ1n) is 10.9. The second-order valence-corrected chi connectivity index (χ2v) is 10.7. The van der Waals surface area contributed by atoms with Crippen LogP contribution in [0, 0.1) is 0 Å². The third-order valence-corrected chi connectivity index (χ3v) is 8.73. The molecule has 178 valence electrons. The molecule has 0 saturated heterocycles. The van der Waals surface area contributed by atoms with E-state index in [1.165, 1.54) is 21.5 Å². The van der Waals surface area contributed by atoms with Crippen molar-refractivity contribution in [3.63, 3.8) is 0 Å². The van der Waals surface area contributed by atoms with Gasteiger partial charge in [0.05, 0.1) is 7.11 Å². The fraction of sp³-hybridized carbons (Fsp3) is 0.280. The molecule has 0 radical (unpaired) electrons. The van der Waals surface area contributed by atoms with E-state index in [2.05, 4.69) is 68.5 Å². The topological polar surface area (TPSA) is 45.9 Å². The van der Waals surface area contributed by atoms with Crippen LogP contribution in [0.25, 0.3) is 15.9 Å². The molecule has 1 aliphatic rings. The number of carbonyl (C=O) groups excluding carboxylic acids is 1. The van der Waals surface area contributed by atoms with Gasteiger partial charge in [-0.1, -0.05) is 0 Å². The molecular formula is C25H26Cl2N3O3Se+. The molecule has 3 aromatic rings. The Morgan fingerprint density at radius 2 is 1.91 bits per heavy atom. The number of methoxy groups -OCH3 is 1. The van der Waals surface area contributed by atoms with Crippen LogP contribution in [0.1, 0.15) is 17.9 Å². The van der Waals surface area contributed by atoms with Crippen LogP contribution < -0.4 is 14.4 Å². The summed E-state index contributed by atoms with van der Waals surface area (Å²) in [6, 6.07) is 12.4. The van der Waals surface area contributed by atoms with Gasteiger partial charge in [0.2, 0.25) is 0 Å². The van der Waals surface area contributed by atoms with Crippen LogP contribution in [-0.2, 0) is 16.0 Å². The van der Waals surface area contributed by atoms with Crippen LogP contribution in [0.15, 0.2) is 54.4 Å². The minimum atomic E-state index is -0.676. The van der Waals surface area contributed by atoms with Gasteiger partial charge in [-0.15, -0.1) is 0 Å². The molecule has 0 bridgehead atoms. The number of rotatable bonds is 7. The molecule has 1 aliphatic heterocycles. The van der Waals surface area contributed by atoms with Gasteiger partial charge in [0, 0.05) is 0 Å². The average Bonchev–Trinajstić information content (AvgIpc) is 3.31. The molecule has 6 nitrogen and oxygen atoms in total. The van der Waals surface area contributed by atoms with Crippen molar-refractivity contribution in [3.8, 4) is 0 Å². The number of hydrogen-bond acceptors (Lipinski definition) is 5. The Hall–Kier alpha value is -2.44. The Bertz CT molecular complexity index is 1270. The van der Waals surface area contributed by atoms with Crippen LogP contribution in [0.3, 0.4) is 0 Å². The Labute approximate surface area is 215 Å². The first-order chi connectivity index (χ1) is 16.4. The molecule has 2 aromatic carbocycles. The molecule has 0 amide bonds. The summed E-state index contributed by atoms with van der Waals surface area (Å²) >= 11 is 12.9. The van der Waals surface area contributed by atoms with Gasteiger partial charge >= 0.3 is 209 Å². The molecule has 4 rings (SSSR count). The average molecular weight is 566 g/mol. The van der Waals surface area contributed by atoms with Crippen LogP contribution >= 0.6 is 23.2 Å². The number of halogens is 2. The number of anilines is 2. The van der Waals surface area contributed by atoms with Crippen molar-refractivity contribution in [1.82, 2.24) is 0 Å². The van der Waals surface area contributed by atoms with Gasteiger partial charge in [-0.25, -0.2) is 0 Å². The number of ether oxygens (including phenoxy) is 2. The predicted molar refractivity (Wildman–Crippen MR) is 139 cm³/mol. The van der Waals surface area contributed by atoms with E-state index < -0.39 is 6.16 Å². The molecule has 0 aliphatic carbocycles. The predicted octanol–water partition coefficient (Wildman–Crippen LogP) is 5.50. The fourth-order valence-electron chi connectivity index (χ4n) is 4.03. The number of nitrogens with zero attached hydrogens (tertiary/aromatic N) is 3. The van der Waals surface area contributed by atoms with E-state index in [9.17, 15) is 4.79 Å². The third-order valence-electron chi connectivity index (χ3n) is 5.64. The van der Waals surface area contributed by atoms with Gasteiger partial charge in [0.15, 0.2) is 0 Å². The van der Waals surface area contributed by atoms with Crippen molar-refractivity contribution in [2.75, 3.05) is 37.1 Å². The van der Waals surface area contributed by atoms with E-state index in [0.29, 0.717) is 23.0 Å². The fourth-order valence-corrected chi connectivity index (χ4v) is 6.74. The number of aryl methyl sites for hydroxylation is 1. The summed E-state index contributed by atoms with van der Waals surface area (Å²) in [6.45, 7) is 4.01. The number of fused-ring (bicyclic) bond motifs is 2. The number of aromatic nitrogens is 1. The zero-order valence-corrected chi connectivity index (χ0v) is 22.5. The molecule has 0 unspecified atom stereocenters. The van der Waals surface area contributed by atoms with Gasteiger partial charge in [-0.05, 0) is 0 Å². The molecule has 0 atom stereocenters. The van der Waals surface area contributed by atoms with E-state index in [0.717, 1.165) is 23.7 Å². The first kappa shape index (κ1) is 24.7. The zero-order valence-electron chi connectivity index (χ0n) is 19.3. The monoisotopic (exact) mass is 566 g/mol. The number of hydrogen-bond donors (Lipinski definition) is 0. The van der Waals surface area contributed by atoms with Gasteiger partial charge in [-0.2, -0.15) is 0 Å². The van der Waals surface area contributed by atoms with Crippen molar-refractivity contribution < 1.29 is 18.8 Å². The van der Waals surface area contributed by atoms with E-state index in [1.807, 2.05) is 19.2 Å². The zero-order chi connectivity index (χ0) is 24.2. The summed E-state index contributed by atoms with van der Waals surface area (Å²) in [5.41, 5.74) is 3.25. The molecule has 0 saturated carbocycles. The summed E-state index contributed by atoms with van der Waals surface area (Å²) in [4.78, 5) is 15.5. The summed E-state index contributed by atoms with van der Waals surface area (Å²) in [5.74, 6) is 0.995. The molecule has 9 heteroatoms. The standard InChI is InChI=1S/C25H26Cl2N3O3Se/c1-4-29-19-9-5-6-10-22(19)34-24(29)12-7-11-23-28(2)20-15-17(26)18(27)16-21(20)30(23)13-8-14-33-25(31)32-3/h5-7,9-12,15-16H,4,8,13-14H2,1-3H3/q+1. The van der Waals surface area contributed by atoms with Gasteiger partial charge in [0.25, 0.3) is 0 Å². The Morgan fingerprint density at radius 1 is 1.18 bits per heavy atom. The second kappa shape index (κ2) is 10.9. The summed E-state index contributed by atoms with van der Waals surface area (Å²) < 4.78 is 14.7. The van der Waals surface area contributed by atoms with Gasteiger partial charge in [-0.3, -0.25) is 0 Å². The number of carbonyl (C=O) groups is 1. The van der Waals surface area contributed by atoms with Crippen LogP contribution in [0.4, 0.5) is 16.2 Å². The number of allylic oxidation sites excluding steroid dienone is 2. The quantitative estimate of drug-likeness (QED) is 0.164. The summed E-state index contributed by atoms with van der Waals surface area (Å²) in [7, 11) is 3.31. The van der Waals surface area contributed by atoms with E-state index in [1.54, 1.807) is 0 Å². The number of benzene rings is 2. The Balaban J connectivity index is 1.62. The Morgan fingerprint density at radius 3 is 2.65 bits per heavy atom. The number of para-hydroxylation sites is 1. The maximum atomic E-state index is 11.3. The van der Waals surface area contributed by atoms with Gasteiger partial charge < -0.3 is 0 Å². The normalized spacial score (nSPS) is 14.4. The van der Waals surface area contributed by atoms with Crippen molar-refractivity contribution in [2.24, 2.45) is 0 Å². The van der Waals surface area contributed by atoms with Crippen molar-refractivity contribution in [2.45, 2.75) is 19.9 Å². The third kappa shape index (κ3) is 4.98. The van der Waals surface area contributed by atoms with Crippen LogP contribution in [0.5, 0.6) is 0 Å². The first-order valence-corrected chi connectivity index (χ1v) is 13.4. The molecule has 2 heterocycles. The Kier molecular flexibility index (Phi) is 7.89.